The van der Waals surface area contributed by atoms with Crippen LogP contribution in [0.3, 0.4) is 0 Å². The number of hydrogen-bond acceptors (Lipinski definition) is 2. The lowest BCUT2D eigenvalue weighted by Gasteiger charge is -2.09. The van der Waals surface area contributed by atoms with Gasteiger partial charge in [0.05, 0.1) is 18.0 Å². The normalized spacial score (nSPS) is 13.1. The molecule has 4 nitrogen and oxygen atoms in total. The van der Waals surface area contributed by atoms with Crippen LogP contribution in [0.15, 0.2) is 6.07 Å². The molecule has 1 aromatic rings. The van der Waals surface area contributed by atoms with Gasteiger partial charge in [-0.1, -0.05) is 0 Å². The van der Waals surface area contributed by atoms with Crippen molar-refractivity contribution in [2.75, 3.05) is 0 Å². The minimum absolute atomic E-state index is 0.0971. The monoisotopic (exact) mass is 204 g/mol. The zero-order valence-electron chi connectivity index (χ0n) is 7.50. The van der Waals surface area contributed by atoms with Crippen LogP contribution in [0.2, 0.25) is 0 Å². The van der Waals surface area contributed by atoms with Gasteiger partial charge < -0.3 is 5.11 Å². The summed E-state index contributed by atoms with van der Waals surface area (Å²) in [5.74, 6) is -2.59. The Hall–Kier alpha value is -1.46. The number of rotatable bonds is 4. The fourth-order valence-corrected chi connectivity index (χ4v) is 1.14. The first kappa shape index (κ1) is 10.6. The molecule has 0 fully saturated rings. The smallest absolute Gasteiger partial charge is 0.304 e. The molecule has 1 aromatic heterocycles. The second kappa shape index (κ2) is 4.17. The third-order valence-corrected chi connectivity index (χ3v) is 1.80. The maximum absolute atomic E-state index is 12.4. The van der Waals surface area contributed by atoms with Crippen LogP contribution in [0.5, 0.6) is 0 Å². The van der Waals surface area contributed by atoms with E-state index in [2.05, 4.69) is 10.2 Å². The summed E-state index contributed by atoms with van der Waals surface area (Å²) in [6.07, 6.45) is -3.32. The molecule has 0 radical (unpaired) electrons. The van der Waals surface area contributed by atoms with Crippen LogP contribution in [0.1, 0.15) is 23.7 Å². The van der Waals surface area contributed by atoms with E-state index in [1.807, 2.05) is 0 Å². The molecule has 0 spiro atoms. The molecule has 1 atom stereocenters. The number of aromatic amines is 1. The molecule has 2 N–H and O–H groups in total. The molecule has 6 heteroatoms. The van der Waals surface area contributed by atoms with E-state index in [9.17, 15) is 13.6 Å². The number of halogens is 2. The molecule has 0 saturated carbocycles. The van der Waals surface area contributed by atoms with Crippen molar-refractivity contribution in [3.05, 3.63) is 17.5 Å². The number of carboxylic acids is 1. The number of alkyl halides is 2. The lowest BCUT2D eigenvalue weighted by atomic mass is 10.0. The quantitative estimate of drug-likeness (QED) is 0.781. The highest BCUT2D eigenvalue weighted by Crippen LogP contribution is 2.25. The molecule has 1 unspecified atom stereocenters. The third-order valence-electron chi connectivity index (χ3n) is 1.80. The van der Waals surface area contributed by atoms with Crippen molar-refractivity contribution in [2.45, 2.75) is 25.7 Å². The predicted molar refractivity (Wildman–Crippen MR) is 44.3 cm³/mol. The van der Waals surface area contributed by atoms with Gasteiger partial charge in [-0.3, -0.25) is 9.89 Å². The van der Waals surface area contributed by atoms with Crippen molar-refractivity contribution < 1.29 is 18.7 Å². The molecule has 0 aliphatic rings. The fourth-order valence-electron chi connectivity index (χ4n) is 1.14. The van der Waals surface area contributed by atoms with Crippen LogP contribution in [0.25, 0.3) is 0 Å². The van der Waals surface area contributed by atoms with E-state index < -0.39 is 24.7 Å². The highest BCUT2D eigenvalue weighted by Gasteiger charge is 2.27. The SMILES string of the molecule is Cc1cc(C(CC(=O)O)C(F)F)n[nH]1. The number of nitrogens with one attached hydrogen (secondary N) is 1. The first-order chi connectivity index (χ1) is 6.50. The number of carbonyl (C=O) groups is 1. The average molecular weight is 204 g/mol. The maximum Gasteiger partial charge on any atom is 0.304 e. The lowest BCUT2D eigenvalue weighted by molar-refractivity contribution is -0.138. The molecule has 78 valence electrons. The molecule has 1 heterocycles. The molecular weight excluding hydrogens is 194 g/mol. The fraction of sp³-hybridized carbons (Fsp3) is 0.500. The zero-order valence-corrected chi connectivity index (χ0v) is 7.50. The average Bonchev–Trinajstić information content (AvgIpc) is 2.46. The van der Waals surface area contributed by atoms with E-state index in [-0.39, 0.29) is 5.69 Å². The van der Waals surface area contributed by atoms with Crippen molar-refractivity contribution in [3.8, 4) is 0 Å². The molecule has 0 amide bonds. The lowest BCUT2D eigenvalue weighted by Crippen LogP contribution is -2.14. The van der Waals surface area contributed by atoms with Gasteiger partial charge in [-0.15, -0.1) is 0 Å². The number of carboxylic acid groups (broad SMARTS) is 1. The minimum Gasteiger partial charge on any atom is -0.481 e. The van der Waals surface area contributed by atoms with E-state index in [0.29, 0.717) is 5.69 Å². The van der Waals surface area contributed by atoms with Gasteiger partial charge in [-0.2, -0.15) is 5.10 Å². The molecular formula is C8H10F2N2O2. The molecule has 1 rings (SSSR count). The molecule has 0 saturated heterocycles. The highest BCUT2D eigenvalue weighted by molar-refractivity contribution is 5.68. The first-order valence-corrected chi connectivity index (χ1v) is 4.02. The number of aliphatic carboxylic acids is 1. The standard InChI is InChI=1S/C8H10F2N2O2/c1-4-2-6(12-11-4)5(8(9)10)3-7(13)14/h2,5,8H,3H2,1H3,(H,11,12)(H,13,14). The van der Waals surface area contributed by atoms with Crippen molar-refractivity contribution in [1.82, 2.24) is 10.2 Å². The summed E-state index contributed by atoms with van der Waals surface area (Å²) in [5.41, 5.74) is 0.732. The van der Waals surface area contributed by atoms with Crippen molar-refractivity contribution in [3.63, 3.8) is 0 Å². The van der Waals surface area contributed by atoms with Gasteiger partial charge in [0, 0.05) is 5.69 Å². The van der Waals surface area contributed by atoms with Gasteiger partial charge >= 0.3 is 5.97 Å². The summed E-state index contributed by atoms with van der Waals surface area (Å²) < 4.78 is 24.9. The number of aryl methyl sites for hydroxylation is 1. The molecule has 0 aliphatic heterocycles. The van der Waals surface area contributed by atoms with Crippen LogP contribution in [-0.2, 0) is 4.79 Å². The summed E-state index contributed by atoms with van der Waals surface area (Å²) >= 11 is 0. The van der Waals surface area contributed by atoms with E-state index >= 15 is 0 Å². The third kappa shape index (κ3) is 2.51. The van der Waals surface area contributed by atoms with Gasteiger partial charge in [-0.05, 0) is 13.0 Å². The Labute approximate surface area is 78.9 Å². The van der Waals surface area contributed by atoms with E-state index in [1.165, 1.54) is 6.07 Å². The summed E-state index contributed by atoms with van der Waals surface area (Å²) in [6.45, 7) is 1.67. The Morgan fingerprint density at radius 1 is 1.71 bits per heavy atom. The summed E-state index contributed by atoms with van der Waals surface area (Å²) in [6, 6.07) is 1.43. The van der Waals surface area contributed by atoms with Gasteiger partial charge in [0.2, 0.25) is 6.43 Å². The number of hydrogen-bond donors (Lipinski definition) is 2. The second-order valence-electron chi connectivity index (χ2n) is 3.01. The second-order valence-corrected chi connectivity index (χ2v) is 3.01. The van der Waals surface area contributed by atoms with E-state index in [0.717, 1.165) is 0 Å². The number of H-pyrrole nitrogens is 1. The van der Waals surface area contributed by atoms with E-state index in [4.69, 9.17) is 5.11 Å². The van der Waals surface area contributed by atoms with Gasteiger partial charge in [0.15, 0.2) is 0 Å². The molecule has 0 aliphatic carbocycles. The summed E-state index contributed by atoms with van der Waals surface area (Å²) in [7, 11) is 0. The van der Waals surface area contributed by atoms with Crippen LogP contribution < -0.4 is 0 Å². The highest BCUT2D eigenvalue weighted by atomic mass is 19.3. The summed E-state index contributed by atoms with van der Waals surface area (Å²) in [4.78, 5) is 10.3. The Kier molecular flexibility index (Phi) is 3.16. The number of nitrogens with zero attached hydrogens (tertiary/aromatic N) is 1. The van der Waals surface area contributed by atoms with Crippen LogP contribution in [-0.4, -0.2) is 27.7 Å². The van der Waals surface area contributed by atoms with Crippen molar-refractivity contribution >= 4 is 5.97 Å². The topological polar surface area (TPSA) is 66.0 Å². The maximum atomic E-state index is 12.4. The largest absolute Gasteiger partial charge is 0.481 e. The predicted octanol–water partition coefficient (Wildman–Crippen LogP) is 1.54. The number of aromatic nitrogens is 2. The molecule has 0 aromatic carbocycles. The Balaban J connectivity index is 2.82. The molecule has 14 heavy (non-hydrogen) atoms. The summed E-state index contributed by atoms with van der Waals surface area (Å²) in [5, 5.41) is 14.6. The first-order valence-electron chi connectivity index (χ1n) is 4.02. The molecule has 0 bridgehead atoms. The Morgan fingerprint density at radius 3 is 2.71 bits per heavy atom. The van der Waals surface area contributed by atoms with Crippen LogP contribution in [0, 0.1) is 6.92 Å². The minimum atomic E-state index is -2.71. The van der Waals surface area contributed by atoms with Gasteiger partial charge in [-0.25, -0.2) is 8.78 Å². The van der Waals surface area contributed by atoms with Crippen molar-refractivity contribution in [1.29, 1.82) is 0 Å². The van der Waals surface area contributed by atoms with Crippen LogP contribution >= 0.6 is 0 Å². The van der Waals surface area contributed by atoms with Crippen LogP contribution in [0.4, 0.5) is 8.78 Å². The van der Waals surface area contributed by atoms with Gasteiger partial charge in [0.1, 0.15) is 0 Å². The van der Waals surface area contributed by atoms with Gasteiger partial charge in [0.25, 0.3) is 0 Å². The Morgan fingerprint density at radius 2 is 2.36 bits per heavy atom. The zero-order chi connectivity index (χ0) is 10.7. The van der Waals surface area contributed by atoms with Crippen molar-refractivity contribution in [2.24, 2.45) is 0 Å². The van der Waals surface area contributed by atoms with E-state index in [1.54, 1.807) is 6.92 Å². The Bertz CT molecular complexity index is 325.